The van der Waals surface area contributed by atoms with E-state index in [0.29, 0.717) is 17.0 Å². The number of rotatable bonds is 2. The fraction of sp³-hybridized carbons (Fsp3) is 0. The van der Waals surface area contributed by atoms with E-state index >= 15 is 0 Å². The molecular weight excluding hydrogens is 398 g/mol. The van der Waals surface area contributed by atoms with E-state index < -0.39 is 0 Å². The SMILES string of the molecule is Fc1cccc(-c2c(Cl)nc(-c3cc(Br)cs3)nc2Cl)c1. The molecule has 0 aliphatic heterocycles. The molecule has 0 amide bonds. The van der Waals surface area contributed by atoms with E-state index in [4.69, 9.17) is 23.2 Å². The molecule has 3 aromatic rings. The first-order valence-electron chi connectivity index (χ1n) is 5.78. The minimum absolute atomic E-state index is 0.195. The highest BCUT2D eigenvalue weighted by Gasteiger charge is 2.16. The minimum Gasteiger partial charge on any atom is -0.215 e. The molecule has 0 radical (unpaired) electrons. The van der Waals surface area contributed by atoms with Gasteiger partial charge >= 0.3 is 0 Å². The summed E-state index contributed by atoms with van der Waals surface area (Å²) < 4.78 is 14.3. The Morgan fingerprint density at radius 1 is 1.10 bits per heavy atom. The summed E-state index contributed by atoms with van der Waals surface area (Å²) in [4.78, 5) is 9.37. The van der Waals surface area contributed by atoms with Crippen molar-refractivity contribution in [3.8, 4) is 21.8 Å². The van der Waals surface area contributed by atoms with Crippen molar-refractivity contribution in [2.75, 3.05) is 0 Å². The van der Waals surface area contributed by atoms with Crippen molar-refractivity contribution >= 4 is 50.5 Å². The Kier molecular flexibility index (Phi) is 4.26. The highest BCUT2D eigenvalue weighted by molar-refractivity contribution is 9.10. The van der Waals surface area contributed by atoms with E-state index in [-0.39, 0.29) is 16.1 Å². The molecule has 0 aliphatic rings. The summed E-state index contributed by atoms with van der Waals surface area (Å²) in [6.07, 6.45) is 0. The average Bonchev–Trinajstić information content (AvgIpc) is 2.85. The summed E-state index contributed by atoms with van der Waals surface area (Å²) >= 11 is 17.3. The highest BCUT2D eigenvalue weighted by atomic mass is 79.9. The molecule has 3 rings (SSSR count). The van der Waals surface area contributed by atoms with Gasteiger partial charge in [0.1, 0.15) is 16.1 Å². The van der Waals surface area contributed by atoms with Gasteiger partial charge in [-0.2, -0.15) is 0 Å². The molecule has 0 unspecified atom stereocenters. The number of hydrogen-bond acceptors (Lipinski definition) is 3. The first kappa shape index (κ1) is 14.9. The van der Waals surface area contributed by atoms with Crippen molar-refractivity contribution < 1.29 is 4.39 Å². The molecule has 0 atom stereocenters. The molecular formula is C14H6BrCl2FN2S. The van der Waals surface area contributed by atoms with Crippen molar-refractivity contribution in [1.82, 2.24) is 9.97 Å². The fourth-order valence-electron chi connectivity index (χ4n) is 1.83. The zero-order valence-corrected chi connectivity index (χ0v) is 14.2. The van der Waals surface area contributed by atoms with Crippen LogP contribution in [-0.4, -0.2) is 9.97 Å². The van der Waals surface area contributed by atoms with Crippen LogP contribution < -0.4 is 0 Å². The number of halogens is 4. The summed E-state index contributed by atoms with van der Waals surface area (Å²) in [5.41, 5.74) is 0.973. The van der Waals surface area contributed by atoms with Crippen LogP contribution in [0.2, 0.25) is 10.3 Å². The van der Waals surface area contributed by atoms with Gasteiger partial charge in [0, 0.05) is 9.85 Å². The van der Waals surface area contributed by atoms with E-state index in [1.807, 2.05) is 11.4 Å². The lowest BCUT2D eigenvalue weighted by molar-refractivity contribution is 0.628. The molecule has 0 aliphatic carbocycles. The standard InChI is InChI=1S/C14H6BrCl2FN2S/c15-8-5-10(21-6-8)14-19-12(16)11(13(17)20-14)7-2-1-3-9(18)4-7/h1-6H. The Labute approximate surface area is 142 Å². The van der Waals surface area contributed by atoms with Crippen molar-refractivity contribution in [2.24, 2.45) is 0 Å². The molecule has 106 valence electrons. The van der Waals surface area contributed by atoms with E-state index in [1.54, 1.807) is 12.1 Å². The van der Waals surface area contributed by atoms with Crippen LogP contribution in [0.25, 0.3) is 21.8 Å². The van der Waals surface area contributed by atoms with Crippen LogP contribution in [0.15, 0.2) is 40.2 Å². The molecule has 0 fully saturated rings. The zero-order chi connectivity index (χ0) is 15.0. The van der Waals surface area contributed by atoms with Gasteiger partial charge in [0.25, 0.3) is 0 Å². The van der Waals surface area contributed by atoms with Crippen molar-refractivity contribution in [3.63, 3.8) is 0 Å². The predicted octanol–water partition coefficient (Wildman–Crippen LogP) is 6.08. The molecule has 0 bridgehead atoms. The third kappa shape index (κ3) is 3.11. The summed E-state index contributed by atoms with van der Waals surface area (Å²) in [5.74, 6) is 0.0757. The van der Waals surface area contributed by atoms with Crippen LogP contribution in [0, 0.1) is 5.82 Å². The molecule has 1 aromatic carbocycles. The number of nitrogens with zero attached hydrogens (tertiary/aromatic N) is 2. The molecule has 2 heterocycles. The lowest BCUT2D eigenvalue weighted by Crippen LogP contribution is -1.93. The van der Waals surface area contributed by atoms with Crippen LogP contribution in [0.5, 0.6) is 0 Å². The lowest BCUT2D eigenvalue weighted by atomic mass is 10.1. The van der Waals surface area contributed by atoms with Crippen LogP contribution in [0.1, 0.15) is 0 Å². The Balaban J connectivity index is 2.12. The second kappa shape index (κ2) is 6.01. The van der Waals surface area contributed by atoms with E-state index in [1.165, 1.54) is 23.5 Å². The lowest BCUT2D eigenvalue weighted by Gasteiger charge is -2.08. The Bertz CT molecular complexity index is 799. The van der Waals surface area contributed by atoms with Crippen molar-refractivity contribution in [3.05, 3.63) is 56.3 Å². The van der Waals surface area contributed by atoms with Crippen LogP contribution in [-0.2, 0) is 0 Å². The normalized spacial score (nSPS) is 10.9. The largest absolute Gasteiger partial charge is 0.215 e. The van der Waals surface area contributed by atoms with Crippen LogP contribution >= 0.6 is 50.5 Å². The molecule has 2 aromatic heterocycles. The highest BCUT2D eigenvalue weighted by Crippen LogP contribution is 2.36. The Morgan fingerprint density at radius 2 is 1.81 bits per heavy atom. The van der Waals surface area contributed by atoms with Gasteiger partial charge < -0.3 is 0 Å². The summed E-state index contributed by atoms with van der Waals surface area (Å²) in [7, 11) is 0. The maximum absolute atomic E-state index is 13.3. The predicted molar refractivity (Wildman–Crippen MR) is 88.5 cm³/mol. The second-order valence-electron chi connectivity index (χ2n) is 4.14. The number of benzene rings is 1. The summed E-state index contributed by atoms with van der Waals surface area (Å²) in [6.45, 7) is 0. The summed E-state index contributed by atoms with van der Waals surface area (Å²) in [5, 5.41) is 2.31. The smallest absolute Gasteiger partial charge is 0.172 e. The first-order chi connectivity index (χ1) is 10.0. The topological polar surface area (TPSA) is 25.8 Å². The molecule has 0 spiro atoms. The molecule has 2 nitrogen and oxygen atoms in total. The van der Waals surface area contributed by atoms with Gasteiger partial charge in [0.2, 0.25) is 0 Å². The summed E-state index contributed by atoms with van der Waals surface area (Å²) in [6, 6.07) is 7.87. The maximum Gasteiger partial charge on any atom is 0.172 e. The molecule has 0 N–H and O–H groups in total. The van der Waals surface area contributed by atoms with Gasteiger partial charge in [-0.15, -0.1) is 11.3 Å². The Morgan fingerprint density at radius 3 is 2.38 bits per heavy atom. The number of thiophene rings is 1. The monoisotopic (exact) mass is 402 g/mol. The fourth-order valence-corrected chi connectivity index (χ4v) is 3.80. The van der Waals surface area contributed by atoms with E-state index in [2.05, 4.69) is 25.9 Å². The van der Waals surface area contributed by atoms with Gasteiger partial charge in [-0.05, 0) is 39.7 Å². The van der Waals surface area contributed by atoms with E-state index in [0.717, 1.165) is 9.35 Å². The molecule has 21 heavy (non-hydrogen) atoms. The third-order valence-corrected chi connectivity index (χ3v) is 4.96. The van der Waals surface area contributed by atoms with E-state index in [9.17, 15) is 4.39 Å². The average molecular weight is 404 g/mol. The van der Waals surface area contributed by atoms with Gasteiger partial charge in [-0.1, -0.05) is 35.3 Å². The molecule has 7 heteroatoms. The third-order valence-electron chi connectivity index (χ3n) is 2.72. The van der Waals surface area contributed by atoms with Gasteiger partial charge in [-0.25, -0.2) is 14.4 Å². The van der Waals surface area contributed by atoms with Crippen LogP contribution in [0.3, 0.4) is 0 Å². The first-order valence-corrected chi connectivity index (χ1v) is 8.21. The molecule has 0 saturated heterocycles. The Hall–Kier alpha value is -1.01. The van der Waals surface area contributed by atoms with Gasteiger partial charge in [-0.3, -0.25) is 0 Å². The minimum atomic E-state index is -0.370. The van der Waals surface area contributed by atoms with Gasteiger partial charge in [0.05, 0.1) is 10.4 Å². The van der Waals surface area contributed by atoms with Crippen molar-refractivity contribution in [1.29, 1.82) is 0 Å². The van der Waals surface area contributed by atoms with Gasteiger partial charge in [0.15, 0.2) is 5.82 Å². The molecule has 0 saturated carbocycles. The van der Waals surface area contributed by atoms with Crippen LogP contribution in [0.4, 0.5) is 4.39 Å². The second-order valence-corrected chi connectivity index (χ2v) is 6.69. The number of hydrogen-bond donors (Lipinski definition) is 0. The van der Waals surface area contributed by atoms with Crippen molar-refractivity contribution in [2.45, 2.75) is 0 Å². The maximum atomic E-state index is 13.3. The number of aromatic nitrogens is 2. The quantitative estimate of drug-likeness (QED) is 0.484. The zero-order valence-electron chi connectivity index (χ0n) is 10.3.